The van der Waals surface area contributed by atoms with Crippen molar-refractivity contribution in [1.29, 1.82) is 0 Å². The largest absolute Gasteiger partial charge is 0.465 e. The van der Waals surface area contributed by atoms with E-state index in [1.54, 1.807) is 13.8 Å². The van der Waals surface area contributed by atoms with E-state index in [0.29, 0.717) is 6.61 Å². The van der Waals surface area contributed by atoms with Crippen molar-refractivity contribution < 1.29 is 9.53 Å². The van der Waals surface area contributed by atoms with Gasteiger partial charge in [-0.15, -0.1) is 0 Å². The molecule has 0 aliphatic rings. The summed E-state index contributed by atoms with van der Waals surface area (Å²) in [6, 6.07) is 0. The first-order chi connectivity index (χ1) is 6.89. The van der Waals surface area contributed by atoms with Gasteiger partial charge in [0.1, 0.15) is 0 Å². The summed E-state index contributed by atoms with van der Waals surface area (Å²) in [6.45, 7) is 6.25. The molecule has 0 aromatic heterocycles. The smallest absolute Gasteiger partial charge is 0.310 e. The molecule has 1 unspecified atom stereocenters. The van der Waals surface area contributed by atoms with E-state index in [2.05, 4.69) is 32.2 Å². The van der Waals surface area contributed by atoms with Crippen LogP contribution in [0.25, 0.3) is 0 Å². The highest BCUT2D eigenvalue weighted by molar-refractivity contribution is 8.00. The van der Waals surface area contributed by atoms with Crippen LogP contribution >= 0.6 is 25.3 Å². The van der Waals surface area contributed by atoms with Crippen LogP contribution in [-0.2, 0) is 9.53 Å². The van der Waals surface area contributed by atoms with Gasteiger partial charge in [-0.2, -0.15) is 25.3 Å². The molecule has 90 valence electrons. The fourth-order valence-corrected chi connectivity index (χ4v) is 1.26. The molecule has 0 aliphatic carbocycles. The molecule has 0 aliphatic heterocycles. The molecule has 4 heteroatoms. The Hall–Kier alpha value is 0.170. The fourth-order valence-electron chi connectivity index (χ4n) is 1.05. The summed E-state index contributed by atoms with van der Waals surface area (Å²) < 4.78 is 4.53. The van der Waals surface area contributed by atoms with Gasteiger partial charge in [0.25, 0.3) is 0 Å². The third-order valence-corrected chi connectivity index (χ3v) is 3.19. The summed E-state index contributed by atoms with van der Waals surface area (Å²) in [7, 11) is 0. The topological polar surface area (TPSA) is 26.3 Å². The van der Waals surface area contributed by atoms with E-state index < -0.39 is 4.08 Å². The van der Waals surface area contributed by atoms with E-state index in [0.717, 1.165) is 12.8 Å². The van der Waals surface area contributed by atoms with Gasteiger partial charge in [0.15, 0.2) is 0 Å². The molecule has 0 heterocycles. The lowest BCUT2D eigenvalue weighted by atomic mass is 10.1. The van der Waals surface area contributed by atoms with Gasteiger partial charge < -0.3 is 4.74 Å². The Balaban J connectivity index is 3.66. The first-order valence-corrected chi connectivity index (χ1v) is 6.40. The van der Waals surface area contributed by atoms with Crippen LogP contribution in [0.1, 0.15) is 46.5 Å². The van der Waals surface area contributed by atoms with Gasteiger partial charge in [-0.1, -0.05) is 26.2 Å². The normalized spacial score (nSPS) is 13.7. The van der Waals surface area contributed by atoms with Crippen molar-refractivity contribution >= 4 is 31.2 Å². The Bertz CT molecular complexity index is 188. The molecule has 0 N–H and O–H groups in total. The number of carbonyl (C=O) groups excluding carboxylic acids is 1. The molecular weight excluding hydrogens is 228 g/mol. The van der Waals surface area contributed by atoms with E-state index in [4.69, 9.17) is 4.74 Å². The molecule has 0 amide bonds. The predicted molar refractivity (Wildman–Crippen MR) is 70.6 cm³/mol. The predicted octanol–water partition coefficient (Wildman–Crippen LogP) is 3.32. The molecule has 0 saturated carbocycles. The summed E-state index contributed by atoms with van der Waals surface area (Å²) in [5.74, 6) is -0.505. The lowest BCUT2D eigenvalue weighted by Crippen LogP contribution is -2.29. The van der Waals surface area contributed by atoms with Crippen LogP contribution in [0.3, 0.4) is 0 Å². The zero-order valence-corrected chi connectivity index (χ0v) is 11.6. The van der Waals surface area contributed by atoms with Crippen molar-refractivity contribution in [3.8, 4) is 0 Å². The minimum absolute atomic E-state index is 0.209. The highest BCUT2D eigenvalue weighted by atomic mass is 32.2. The summed E-state index contributed by atoms with van der Waals surface area (Å²) in [5.41, 5.74) is 0. The number of hydrogen-bond donors (Lipinski definition) is 2. The van der Waals surface area contributed by atoms with Gasteiger partial charge in [-0.05, 0) is 20.3 Å². The first kappa shape index (κ1) is 15.2. The molecule has 15 heavy (non-hydrogen) atoms. The van der Waals surface area contributed by atoms with Gasteiger partial charge in [-0.3, -0.25) is 4.79 Å². The van der Waals surface area contributed by atoms with E-state index in [-0.39, 0.29) is 11.9 Å². The standard InChI is InChI=1S/C11H22O2S2/c1-4-5-6-7-8-13-10(12)9(2)11(3,14)15/h9,14-15H,4-8H2,1-3H3. The molecule has 0 rings (SSSR count). The second kappa shape index (κ2) is 7.44. The second-order valence-electron chi connectivity index (χ2n) is 4.04. The van der Waals surface area contributed by atoms with Crippen LogP contribution in [0.5, 0.6) is 0 Å². The number of ether oxygens (including phenoxy) is 1. The van der Waals surface area contributed by atoms with E-state index in [1.807, 2.05) is 0 Å². The zero-order valence-electron chi connectivity index (χ0n) is 9.82. The molecule has 0 bridgehead atoms. The maximum absolute atomic E-state index is 11.5. The minimum Gasteiger partial charge on any atom is -0.465 e. The van der Waals surface area contributed by atoms with Crippen molar-refractivity contribution in [2.45, 2.75) is 50.5 Å². The number of rotatable bonds is 7. The summed E-state index contributed by atoms with van der Waals surface area (Å²) in [5, 5.41) is 0. The fraction of sp³-hybridized carbons (Fsp3) is 0.909. The molecule has 1 atom stereocenters. The van der Waals surface area contributed by atoms with Crippen LogP contribution in [0, 0.1) is 5.92 Å². The van der Waals surface area contributed by atoms with Crippen molar-refractivity contribution in [2.24, 2.45) is 5.92 Å². The average Bonchev–Trinajstić information content (AvgIpc) is 2.14. The highest BCUT2D eigenvalue weighted by Gasteiger charge is 2.29. The van der Waals surface area contributed by atoms with Crippen molar-refractivity contribution in [1.82, 2.24) is 0 Å². The number of carbonyl (C=O) groups is 1. The Kier molecular flexibility index (Phi) is 7.53. The maximum atomic E-state index is 11.5. The zero-order chi connectivity index (χ0) is 11.9. The number of hydrogen-bond acceptors (Lipinski definition) is 4. The number of thiol groups is 2. The van der Waals surface area contributed by atoms with E-state index in [9.17, 15) is 4.79 Å². The van der Waals surface area contributed by atoms with Gasteiger partial charge in [0.05, 0.1) is 16.6 Å². The maximum Gasteiger partial charge on any atom is 0.310 e. The van der Waals surface area contributed by atoms with Crippen molar-refractivity contribution in [2.75, 3.05) is 6.61 Å². The highest BCUT2D eigenvalue weighted by Crippen LogP contribution is 2.29. The van der Waals surface area contributed by atoms with Crippen LogP contribution in [0.4, 0.5) is 0 Å². The Morgan fingerprint density at radius 2 is 1.93 bits per heavy atom. The van der Waals surface area contributed by atoms with Gasteiger partial charge in [-0.25, -0.2) is 0 Å². The molecule has 0 fully saturated rings. The third kappa shape index (κ3) is 7.12. The second-order valence-corrected chi connectivity index (χ2v) is 6.25. The average molecular weight is 250 g/mol. The van der Waals surface area contributed by atoms with Gasteiger partial charge in [0, 0.05) is 0 Å². The van der Waals surface area contributed by atoms with Crippen molar-refractivity contribution in [3.63, 3.8) is 0 Å². The third-order valence-electron chi connectivity index (χ3n) is 2.42. The lowest BCUT2D eigenvalue weighted by molar-refractivity contribution is -0.148. The number of esters is 1. The Morgan fingerprint density at radius 3 is 2.40 bits per heavy atom. The van der Waals surface area contributed by atoms with Gasteiger partial charge in [0.2, 0.25) is 0 Å². The van der Waals surface area contributed by atoms with Crippen molar-refractivity contribution in [3.05, 3.63) is 0 Å². The quantitative estimate of drug-likeness (QED) is 0.314. The van der Waals surface area contributed by atoms with Crippen LogP contribution < -0.4 is 0 Å². The summed E-state index contributed by atoms with van der Waals surface area (Å²) >= 11 is 8.46. The summed E-state index contributed by atoms with van der Waals surface area (Å²) in [4.78, 5) is 11.5. The molecule has 0 aromatic carbocycles. The molecule has 0 saturated heterocycles. The Labute approximate surface area is 104 Å². The van der Waals surface area contributed by atoms with Crippen LogP contribution in [-0.4, -0.2) is 16.7 Å². The monoisotopic (exact) mass is 250 g/mol. The molecule has 0 spiro atoms. The molecule has 0 aromatic rings. The van der Waals surface area contributed by atoms with E-state index in [1.165, 1.54) is 12.8 Å². The molecule has 0 radical (unpaired) electrons. The summed E-state index contributed by atoms with van der Waals surface area (Å²) in [6.07, 6.45) is 4.46. The lowest BCUT2D eigenvalue weighted by Gasteiger charge is -2.23. The molecular formula is C11H22O2S2. The van der Waals surface area contributed by atoms with Crippen LogP contribution in [0.15, 0.2) is 0 Å². The molecule has 2 nitrogen and oxygen atoms in total. The minimum atomic E-state index is -0.611. The van der Waals surface area contributed by atoms with E-state index >= 15 is 0 Å². The van der Waals surface area contributed by atoms with Crippen LogP contribution in [0.2, 0.25) is 0 Å². The first-order valence-electron chi connectivity index (χ1n) is 5.51. The van der Waals surface area contributed by atoms with Gasteiger partial charge >= 0.3 is 5.97 Å². The Morgan fingerprint density at radius 1 is 1.33 bits per heavy atom. The number of unbranched alkanes of at least 4 members (excludes halogenated alkanes) is 3. The SMILES string of the molecule is CCCCCCOC(=O)C(C)C(C)(S)S.